The van der Waals surface area contributed by atoms with Crippen LogP contribution >= 0.6 is 11.8 Å². The lowest BCUT2D eigenvalue weighted by Gasteiger charge is -2.40. The summed E-state index contributed by atoms with van der Waals surface area (Å²) in [5, 5.41) is 86.0. The molecule has 8 N–H and O–H groups in total. The Kier molecular flexibility index (Phi) is 17.1. The molecule has 0 aromatic carbocycles. The SMILES string of the molecule is OC[C@H]1O[C@@H](SCCOCCOCCOCCOCCOCc2cnnn2[C@@H]2O[C@H](CO)[C@@H](O)[C@H](O)[C@H]2O)[C@H](O)[C@@H](O)[C@H]1O. The van der Waals surface area contributed by atoms with Crippen molar-refractivity contribution in [2.75, 3.05) is 78.4 Å². The number of aromatic nitrogens is 3. The number of aliphatic hydroxyl groups excluding tert-OH is 8. The van der Waals surface area contributed by atoms with Gasteiger partial charge >= 0.3 is 0 Å². The highest BCUT2D eigenvalue weighted by molar-refractivity contribution is 7.99. The van der Waals surface area contributed by atoms with E-state index in [2.05, 4.69) is 10.3 Å². The molecule has 3 rings (SSSR count). The average molecular weight is 660 g/mol. The highest BCUT2D eigenvalue weighted by Crippen LogP contribution is 2.29. The lowest BCUT2D eigenvalue weighted by Crippen LogP contribution is -2.57. The van der Waals surface area contributed by atoms with Crippen molar-refractivity contribution in [1.82, 2.24) is 15.0 Å². The van der Waals surface area contributed by atoms with Crippen LogP contribution in [0.15, 0.2) is 6.20 Å². The van der Waals surface area contributed by atoms with Crippen molar-refractivity contribution in [2.24, 2.45) is 0 Å². The predicted molar refractivity (Wildman–Crippen MR) is 148 cm³/mol. The third-order valence-corrected chi connectivity index (χ3v) is 7.97. The van der Waals surface area contributed by atoms with Crippen LogP contribution in [0.1, 0.15) is 11.9 Å². The van der Waals surface area contributed by atoms with Gasteiger partial charge in [0.1, 0.15) is 54.3 Å². The molecular formula is C25H45N3O15S. The number of rotatable bonds is 21. The van der Waals surface area contributed by atoms with E-state index in [1.807, 2.05) is 0 Å². The van der Waals surface area contributed by atoms with Crippen LogP contribution in [0.25, 0.3) is 0 Å². The molecule has 1 aromatic rings. The van der Waals surface area contributed by atoms with Crippen molar-refractivity contribution in [1.29, 1.82) is 0 Å². The van der Waals surface area contributed by atoms with Crippen molar-refractivity contribution in [3.63, 3.8) is 0 Å². The van der Waals surface area contributed by atoms with E-state index in [1.54, 1.807) is 0 Å². The van der Waals surface area contributed by atoms with Crippen molar-refractivity contribution >= 4 is 11.8 Å². The quantitative estimate of drug-likeness (QED) is 0.0577. The number of hydrogen-bond donors (Lipinski definition) is 8. The molecular weight excluding hydrogens is 614 g/mol. The third-order valence-electron chi connectivity index (χ3n) is 6.85. The van der Waals surface area contributed by atoms with E-state index in [1.165, 1.54) is 22.6 Å². The van der Waals surface area contributed by atoms with E-state index < -0.39 is 73.7 Å². The lowest BCUT2D eigenvalue weighted by atomic mass is 9.98. The molecule has 1 aromatic heterocycles. The molecule has 2 fully saturated rings. The normalized spacial score (nSPS) is 32.7. The molecule has 256 valence electrons. The number of thioether (sulfide) groups is 1. The number of hydrogen-bond acceptors (Lipinski definition) is 18. The second-order valence-corrected chi connectivity index (χ2v) is 11.2. The van der Waals surface area contributed by atoms with Gasteiger partial charge in [-0.05, 0) is 0 Å². The Morgan fingerprint density at radius 1 is 0.636 bits per heavy atom. The molecule has 0 unspecified atom stereocenters. The molecule has 0 bridgehead atoms. The average Bonchev–Trinajstić information content (AvgIpc) is 3.49. The molecule has 0 amide bonds. The minimum Gasteiger partial charge on any atom is -0.394 e. The first-order valence-electron chi connectivity index (χ1n) is 14.3. The van der Waals surface area contributed by atoms with Crippen LogP contribution < -0.4 is 0 Å². The predicted octanol–water partition coefficient (Wildman–Crippen LogP) is -4.63. The zero-order chi connectivity index (χ0) is 31.9. The zero-order valence-corrected chi connectivity index (χ0v) is 25.0. The van der Waals surface area contributed by atoms with Crippen molar-refractivity contribution in [3.8, 4) is 0 Å². The van der Waals surface area contributed by atoms with Crippen LogP contribution in [0.4, 0.5) is 0 Å². The Morgan fingerprint density at radius 2 is 1.14 bits per heavy atom. The van der Waals surface area contributed by atoms with Gasteiger partial charge in [-0.1, -0.05) is 5.21 Å². The number of nitrogens with zero attached hydrogens (tertiary/aromatic N) is 3. The molecule has 44 heavy (non-hydrogen) atoms. The fourth-order valence-corrected chi connectivity index (χ4v) is 5.38. The zero-order valence-electron chi connectivity index (χ0n) is 24.2. The van der Waals surface area contributed by atoms with Crippen molar-refractivity contribution < 1.29 is 74.0 Å². The standard InChI is InChI=1S/C25H45N3O15S/c29-12-16-18(31)20(33)22(35)24(42-16)28-15(11-26-27-28)14-41-8-7-39-4-3-37-1-2-38-5-6-40-9-10-44-25-23(36)21(34)19(32)17(13-30)43-25/h11,16-25,29-36H,1-10,12-14H2/t16-,17-,18-,19+,20+,21+,22-,23-,24-,25+/m1/s1. The topological polar surface area (TPSA) is 257 Å². The second kappa shape index (κ2) is 20.2. The van der Waals surface area contributed by atoms with Gasteiger partial charge in [0.05, 0.1) is 91.2 Å². The Balaban J connectivity index is 1.12. The summed E-state index contributed by atoms with van der Waals surface area (Å²) in [7, 11) is 0. The van der Waals surface area contributed by atoms with Gasteiger partial charge in [0.15, 0.2) is 6.23 Å². The maximum Gasteiger partial charge on any atom is 0.181 e. The monoisotopic (exact) mass is 659 g/mol. The fourth-order valence-electron chi connectivity index (χ4n) is 4.35. The van der Waals surface area contributed by atoms with E-state index in [4.69, 9.17) is 33.2 Å². The van der Waals surface area contributed by atoms with Crippen LogP contribution in [0.5, 0.6) is 0 Å². The minimum absolute atomic E-state index is 0.0695. The van der Waals surface area contributed by atoms with Crippen LogP contribution in [0.2, 0.25) is 0 Å². The van der Waals surface area contributed by atoms with E-state index in [0.29, 0.717) is 64.3 Å². The molecule has 3 heterocycles. The molecule has 0 saturated carbocycles. The second-order valence-electron chi connectivity index (χ2n) is 9.96. The summed E-state index contributed by atoms with van der Waals surface area (Å²) in [6, 6.07) is 0. The fraction of sp³-hybridized carbons (Fsp3) is 0.920. The largest absolute Gasteiger partial charge is 0.394 e. The van der Waals surface area contributed by atoms with Gasteiger partial charge in [0, 0.05) is 5.75 Å². The Hall–Kier alpha value is -1.11. The molecule has 2 aliphatic heterocycles. The van der Waals surface area contributed by atoms with E-state index in [0.717, 1.165) is 0 Å². The van der Waals surface area contributed by atoms with Gasteiger partial charge < -0.3 is 74.0 Å². The van der Waals surface area contributed by atoms with Crippen LogP contribution in [-0.4, -0.2) is 189 Å². The van der Waals surface area contributed by atoms with Crippen LogP contribution in [-0.2, 0) is 39.8 Å². The maximum absolute atomic E-state index is 10.3. The highest BCUT2D eigenvalue weighted by Gasteiger charge is 2.45. The van der Waals surface area contributed by atoms with Gasteiger partial charge in [-0.3, -0.25) is 0 Å². The number of aliphatic hydroxyl groups is 8. The van der Waals surface area contributed by atoms with Crippen LogP contribution in [0.3, 0.4) is 0 Å². The van der Waals surface area contributed by atoms with Gasteiger partial charge in [0.25, 0.3) is 0 Å². The number of ether oxygens (including phenoxy) is 7. The molecule has 0 aliphatic carbocycles. The summed E-state index contributed by atoms with van der Waals surface area (Å²) in [4.78, 5) is 0. The Bertz CT molecular complexity index is 903. The summed E-state index contributed by atoms with van der Waals surface area (Å²) in [5.41, 5.74) is -0.324. The van der Waals surface area contributed by atoms with Crippen molar-refractivity contribution in [3.05, 3.63) is 11.9 Å². The van der Waals surface area contributed by atoms with Crippen LogP contribution in [0, 0.1) is 0 Å². The maximum atomic E-state index is 10.3. The summed E-state index contributed by atoms with van der Waals surface area (Å²) < 4.78 is 39.5. The first-order chi connectivity index (χ1) is 21.3. The molecule has 10 atom stereocenters. The van der Waals surface area contributed by atoms with Gasteiger partial charge in [-0.2, -0.15) is 0 Å². The summed E-state index contributed by atoms with van der Waals surface area (Å²) in [6.07, 6.45) is -10.3. The van der Waals surface area contributed by atoms with E-state index in [9.17, 15) is 40.9 Å². The minimum atomic E-state index is -1.53. The molecule has 0 spiro atoms. The van der Waals surface area contributed by atoms with Crippen molar-refractivity contribution in [2.45, 2.75) is 67.1 Å². The summed E-state index contributed by atoms with van der Waals surface area (Å²) in [5.74, 6) is 0.473. The molecule has 19 heteroatoms. The van der Waals surface area contributed by atoms with Gasteiger partial charge in [0.2, 0.25) is 0 Å². The summed E-state index contributed by atoms with van der Waals surface area (Å²) in [6.45, 7) is 2.17. The molecule has 2 saturated heterocycles. The smallest absolute Gasteiger partial charge is 0.181 e. The van der Waals surface area contributed by atoms with Gasteiger partial charge in [-0.15, -0.1) is 16.9 Å². The Morgan fingerprint density at radius 3 is 1.70 bits per heavy atom. The molecule has 2 aliphatic rings. The third kappa shape index (κ3) is 11.0. The molecule has 0 radical (unpaired) electrons. The highest BCUT2D eigenvalue weighted by atomic mass is 32.2. The van der Waals surface area contributed by atoms with E-state index >= 15 is 0 Å². The van der Waals surface area contributed by atoms with E-state index in [-0.39, 0.29) is 13.2 Å². The summed E-state index contributed by atoms with van der Waals surface area (Å²) >= 11 is 1.22. The first kappa shape index (κ1) is 37.3. The van der Waals surface area contributed by atoms with Gasteiger partial charge in [-0.25, -0.2) is 4.68 Å². The first-order valence-corrected chi connectivity index (χ1v) is 15.3. The lowest BCUT2D eigenvalue weighted by molar-refractivity contribution is -0.255. The Labute approximate surface area is 258 Å². The molecule has 18 nitrogen and oxygen atoms in total.